The van der Waals surface area contributed by atoms with E-state index in [2.05, 4.69) is 19.9 Å². The van der Waals surface area contributed by atoms with E-state index in [0.717, 1.165) is 22.5 Å². The average Bonchev–Trinajstić information content (AvgIpc) is 3.08. The molecule has 2 aliphatic heterocycles. The van der Waals surface area contributed by atoms with Gasteiger partial charge in [0.1, 0.15) is 0 Å². The molecule has 36 heavy (non-hydrogen) atoms. The third-order valence-corrected chi connectivity index (χ3v) is 7.12. The largest absolute Gasteiger partial charge is 0.367 e. The Morgan fingerprint density at radius 3 is 2.53 bits per heavy atom. The summed E-state index contributed by atoms with van der Waals surface area (Å²) in [5, 5.41) is 0.608. The van der Waals surface area contributed by atoms with Gasteiger partial charge in [0.15, 0.2) is 0 Å². The Kier molecular flexibility index (Phi) is 6.22. The maximum absolute atomic E-state index is 13.3. The molecule has 0 aliphatic carbocycles. The summed E-state index contributed by atoms with van der Waals surface area (Å²) in [6.07, 6.45) is 8.45. The van der Waals surface area contributed by atoms with E-state index in [9.17, 15) is 9.59 Å². The van der Waals surface area contributed by atoms with E-state index in [1.807, 2.05) is 30.9 Å². The van der Waals surface area contributed by atoms with E-state index in [4.69, 9.17) is 11.6 Å². The topological polar surface area (TPSA) is 82.0 Å². The van der Waals surface area contributed by atoms with Crippen molar-refractivity contribution in [1.82, 2.24) is 14.9 Å². The molecule has 1 saturated heterocycles. The van der Waals surface area contributed by atoms with E-state index >= 15 is 0 Å². The summed E-state index contributed by atoms with van der Waals surface area (Å²) in [6.45, 7) is 6.47. The molecule has 1 aromatic carbocycles. The van der Waals surface area contributed by atoms with Gasteiger partial charge in [0, 0.05) is 68.0 Å². The minimum absolute atomic E-state index is 0.0506. The molecule has 4 heterocycles. The van der Waals surface area contributed by atoms with Crippen molar-refractivity contribution in [3.05, 3.63) is 82.4 Å². The number of halogens is 1. The zero-order chi connectivity index (χ0) is 25.4. The lowest BCUT2D eigenvalue weighted by molar-refractivity contribution is 0.0746. The lowest BCUT2D eigenvalue weighted by Crippen LogP contribution is -2.49. The third-order valence-electron chi connectivity index (χ3n) is 6.89. The van der Waals surface area contributed by atoms with Crippen LogP contribution in [0.5, 0.6) is 0 Å². The van der Waals surface area contributed by atoms with Crippen molar-refractivity contribution in [1.29, 1.82) is 0 Å². The number of hydrogen-bond acceptors (Lipinski definition) is 6. The summed E-state index contributed by atoms with van der Waals surface area (Å²) in [7, 11) is 1.68. The van der Waals surface area contributed by atoms with E-state index in [1.54, 1.807) is 61.1 Å². The maximum Gasteiger partial charge on any atom is 0.259 e. The van der Waals surface area contributed by atoms with Gasteiger partial charge in [-0.1, -0.05) is 11.6 Å². The number of nitrogens with zero attached hydrogens (tertiary/aromatic N) is 6. The highest BCUT2D eigenvalue weighted by Gasteiger charge is 2.44. The van der Waals surface area contributed by atoms with Gasteiger partial charge in [-0.25, -0.2) is 0 Å². The van der Waals surface area contributed by atoms with Crippen molar-refractivity contribution in [2.45, 2.75) is 19.4 Å². The summed E-state index contributed by atoms with van der Waals surface area (Å²) in [6, 6.07) is 9.18. The first-order valence-electron chi connectivity index (χ1n) is 11.8. The lowest BCUT2D eigenvalue weighted by atomic mass is 9.93. The molecule has 0 saturated carbocycles. The second-order valence-electron chi connectivity index (χ2n) is 9.42. The number of anilines is 2. The van der Waals surface area contributed by atoms with Gasteiger partial charge < -0.3 is 9.80 Å². The third kappa shape index (κ3) is 4.11. The summed E-state index contributed by atoms with van der Waals surface area (Å²) in [5.74, 6) is -0.116. The van der Waals surface area contributed by atoms with Gasteiger partial charge in [-0.15, -0.1) is 0 Å². The van der Waals surface area contributed by atoms with E-state index in [1.165, 1.54) is 0 Å². The van der Waals surface area contributed by atoms with Crippen molar-refractivity contribution in [2.24, 2.45) is 4.99 Å². The minimum Gasteiger partial charge on any atom is -0.367 e. The van der Waals surface area contributed by atoms with Gasteiger partial charge in [-0.2, -0.15) is 0 Å². The van der Waals surface area contributed by atoms with E-state index < -0.39 is 5.54 Å². The van der Waals surface area contributed by atoms with Crippen LogP contribution in [-0.2, 0) is 5.54 Å². The van der Waals surface area contributed by atoms with Crippen LogP contribution in [-0.4, -0.2) is 66.1 Å². The number of carbonyl (C=O) groups is 2. The number of amides is 2. The Hall–Kier alpha value is -3.78. The highest BCUT2D eigenvalue weighted by molar-refractivity contribution is 6.31. The molecule has 1 fully saturated rings. The zero-order valence-electron chi connectivity index (χ0n) is 20.5. The molecular formula is C27H27ClN6O2. The first-order valence-corrected chi connectivity index (χ1v) is 12.2. The van der Waals surface area contributed by atoms with Gasteiger partial charge in [0.25, 0.3) is 11.8 Å². The standard InChI is InChI=1S/C27H27ClN6O2/c1-27(2)24-12-19(28)4-5-22(24)26(36)34(27)21-13-20(15-31-16-21)32-8-10-33(11-9-32)25(35)23-17-30-7-6-18(23)14-29-3/h4-7,12-17H,8-11H2,1-3H3/b29-14+. The van der Waals surface area contributed by atoms with Crippen molar-refractivity contribution < 1.29 is 9.59 Å². The molecule has 0 spiro atoms. The molecule has 0 atom stereocenters. The maximum atomic E-state index is 13.3. The second kappa shape index (κ2) is 9.35. The van der Waals surface area contributed by atoms with Crippen LogP contribution in [0.1, 0.15) is 45.7 Å². The summed E-state index contributed by atoms with van der Waals surface area (Å²) in [4.78, 5) is 44.9. The Bertz CT molecular complexity index is 1360. The number of piperazine rings is 1. The lowest BCUT2D eigenvalue weighted by Gasteiger charge is -2.37. The van der Waals surface area contributed by atoms with E-state index in [-0.39, 0.29) is 11.8 Å². The highest BCUT2D eigenvalue weighted by Crippen LogP contribution is 2.43. The Balaban J connectivity index is 1.33. The summed E-state index contributed by atoms with van der Waals surface area (Å²) < 4.78 is 0. The highest BCUT2D eigenvalue weighted by atomic mass is 35.5. The fourth-order valence-electron chi connectivity index (χ4n) is 5.03. The fourth-order valence-corrected chi connectivity index (χ4v) is 5.20. The molecule has 2 aliphatic rings. The van der Waals surface area contributed by atoms with Crippen LogP contribution in [0.25, 0.3) is 0 Å². The van der Waals surface area contributed by atoms with Crippen LogP contribution in [0, 0.1) is 0 Å². The van der Waals surface area contributed by atoms with Gasteiger partial charge >= 0.3 is 0 Å². The smallest absolute Gasteiger partial charge is 0.259 e. The number of rotatable bonds is 4. The van der Waals surface area contributed by atoms with Crippen molar-refractivity contribution >= 4 is 41.0 Å². The molecule has 8 nitrogen and oxygen atoms in total. The molecule has 2 amide bonds. The molecule has 184 valence electrons. The first kappa shape index (κ1) is 23.9. The molecule has 5 rings (SSSR count). The number of hydrogen-bond donors (Lipinski definition) is 0. The van der Waals surface area contributed by atoms with Gasteiger partial charge in [-0.05, 0) is 49.7 Å². The van der Waals surface area contributed by atoms with Crippen molar-refractivity contribution in [3.8, 4) is 0 Å². The van der Waals surface area contributed by atoms with Crippen LogP contribution < -0.4 is 9.80 Å². The quantitative estimate of drug-likeness (QED) is 0.503. The molecule has 0 bridgehead atoms. The predicted octanol–water partition coefficient (Wildman–Crippen LogP) is 4.04. The molecule has 9 heteroatoms. The van der Waals surface area contributed by atoms with Crippen LogP contribution in [0.3, 0.4) is 0 Å². The van der Waals surface area contributed by atoms with Crippen LogP contribution in [0.15, 0.2) is 60.1 Å². The minimum atomic E-state index is -0.564. The number of aliphatic imine (C=N–C) groups is 1. The molecule has 0 unspecified atom stereocenters. The first-order chi connectivity index (χ1) is 17.3. The number of carbonyl (C=O) groups excluding carboxylic acids is 2. The van der Waals surface area contributed by atoms with Gasteiger partial charge in [0.2, 0.25) is 0 Å². The average molecular weight is 503 g/mol. The van der Waals surface area contributed by atoms with E-state index in [0.29, 0.717) is 42.3 Å². The SMILES string of the molecule is C/N=C/c1ccncc1C(=O)N1CCN(c2cncc(N3C(=O)c4ccc(Cl)cc4C3(C)C)c2)CC1. The van der Waals surface area contributed by atoms with Crippen LogP contribution in [0.4, 0.5) is 11.4 Å². The molecule has 0 radical (unpaired) electrons. The van der Waals surface area contributed by atoms with Crippen LogP contribution >= 0.6 is 11.6 Å². The normalized spacial score (nSPS) is 17.1. The molecule has 3 aromatic rings. The van der Waals surface area contributed by atoms with Crippen LogP contribution in [0.2, 0.25) is 5.02 Å². The summed E-state index contributed by atoms with van der Waals surface area (Å²) >= 11 is 6.23. The molecular weight excluding hydrogens is 476 g/mol. The predicted molar refractivity (Wildman–Crippen MR) is 141 cm³/mol. The Morgan fingerprint density at radius 2 is 1.78 bits per heavy atom. The van der Waals surface area contributed by atoms with Crippen molar-refractivity contribution in [3.63, 3.8) is 0 Å². The number of pyridine rings is 2. The van der Waals surface area contributed by atoms with Crippen molar-refractivity contribution in [2.75, 3.05) is 43.0 Å². The number of fused-ring (bicyclic) bond motifs is 1. The second-order valence-corrected chi connectivity index (χ2v) is 9.86. The van der Waals surface area contributed by atoms with Gasteiger partial charge in [-0.3, -0.25) is 29.4 Å². The Morgan fingerprint density at radius 1 is 1.03 bits per heavy atom. The fraction of sp³-hybridized carbons (Fsp3) is 0.296. The van der Waals surface area contributed by atoms with Gasteiger partial charge in [0.05, 0.1) is 34.9 Å². The Labute approximate surface area is 215 Å². The number of benzene rings is 1. The number of aromatic nitrogens is 2. The zero-order valence-corrected chi connectivity index (χ0v) is 21.2. The summed E-state index contributed by atoms with van der Waals surface area (Å²) in [5.41, 5.74) is 3.95. The monoisotopic (exact) mass is 502 g/mol. The molecule has 2 aromatic heterocycles. The molecule has 0 N–H and O–H groups in total.